The first-order chi connectivity index (χ1) is 19.4. The lowest BCUT2D eigenvalue weighted by atomic mass is 9.84. The minimum Gasteiger partial charge on any atom is -0.508 e. The summed E-state index contributed by atoms with van der Waals surface area (Å²) in [5, 5.41) is 21.5. The number of hydrogen-bond acceptors (Lipinski definition) is 6. The van der Waals surface area contributed by atoms with Gasteiger partial charge in [0, 0.05) is 25.9 Å². The fourth-order valence-electron chi connectivity index (χ4n) is 4.75. The first-order valence-electron chi connectivity index (χ1n) is 14.2. The molecule has 41 heavy (non-hydrogen) atoms. The van der Waals surface area contributed by atoms with Gasteiger partial charge in [-0.2, -0.15) is 0 Å². The van der Waals surface area contributed by atoms with Crippen LogP contribution in [0.1, 0.15) is 63.1 Å². The van der Waals surface area contributed by atoms with Crippen molar-refractivity contribution < 1.29 is 24.3 Å². The fraction of sp³-hybridized carbons (Fsp3) is 0.484. The summed E-state index contributed by atoms with van der Waals surface area (Å²) in [4.78, 5) is 51.9. The van der Waals surface area contributed by atoms with Gasteiger partial charge in [0.25, 0.3) is 0 Å². The van der Waals surface area contributed by atoms with Gasteiger partial charge in [0.05, 0.1) is 6.04 Å². The molecule has 222 valence electrons. The van der Waals surface area contributed by atoms with E-state index in [0.29, 0.717) is 32.2 Å². The molecule has 1 aliphatic heterocycles. The number of rotatable bonds is 6. The fourth-order valence-corrected chi connectivity index (χ4v) is 4.75. The number of phenolic OH excluding ortho intramolecular Hbond substituents is 1. The second kappa shape index (κ2) is 14.6. The molecule has 10 heteroatoms. The Bertz CT molecular complexity index is 1210. The molecule has 0 aliphatic carbocycles. The average Bonchev–Trinajstić information content (AvgIpc) is 2.92. The highest BCUT2D eigenvalue weighted by molar-refractivity contribution is 5.93. The molecule has 1 fully saturated rings. The van der Waals surface area contributed by atoms with Crippen molar-refractivity contribution in [2.45, 2.75) is 82.8 Å². The normalized spacial score (nSPS) is 20.1. The van der Waals surface area contributed by atoms with Crippen molar-refractivity contribution in [1.29, 1.82) is 0 Å². The third-order valence-electron chi connectivity index (χ3n) is 7.10. The van der Waals surface area contributed by atoms with Crippen molar-refractivity contribution in [2.24, 2.45) is 5.73 Å². The predicted molar refractivity (Wildman–Crippen MR) is 157 cm³/mol. The topological polar surface area (TPSA) is 163 Å². The second-order valence-corrected chi connectivity index (χ2v) is 11.6. The highest BCUT2D eigenvalue weighted by atomic mass is 16.3. The summed E-state index contributed by atoms with van der Waals surface area (Å²) in [5.41, 5.74) is 8.21. The third-order valence-corrected chi connectivity index (χ3v) is 7.10. The maximum Gasteiger partial charge on any atom is 0.243 e. The average molecular weight is 566 g/mol. The summed E-state index contributed by atoms with van der Waals surface area (Å²) in [7, 11) is 0. The van der Waals surface area contributed by atoms with Gasteiger partial charge in [0.1, 0.15) is 17.8 Å². The van der Waals surface area contributed by atoms with Crippen LogP contribution in [-0.4, -0.2) is 60.0 Å². The molecule has 1 heterocycles. The van der Waals surface area contributed by atoms with Gasteiger partial charge in [0.2, 0.25) is 23.6 Å². The quantitative estimate of drug-likeness (QED) is 0.312. The molecule has 1 aliphatic rings. The number of carbonyl (C=O) groups is 4. The molecule has 10 nitrogen and oxygen atoms in total. The van der Waals surface area contributed by atoms with E-state index in [1.807, 2.05) is 57.2 Å². The van der Waals surface area contributed by atoms with Gasteiger partial charge in [-0.3, -0.25) is 19.2 Å². The van der Waals surface area contributed by atoms with Crippen LogP contribution in [0.25, 0.3) is 0 Å². The molecule has 3 rings (SSSR count). The van der Waals surface area contributed by atoms with Gasteiger partial charge < -0.3 is 32.1 Å². The first-order valence-corrected chi connectivity index (χ1v) is 14.2. The van der Waals surface area contributed by atoms with Crippen molar-refractivity contribution in [3.05, 3.63) is 65.2 Å². The Morgan fingerprint density at radius 1 is 1.00 bits per heavy atom. The first kappa shape index (κ1) is 31.6. The number of phenols is 1. The van der Waals surface area contributed by atoms with Crippen LogP contribution in [0, 0.1) is 0 Å². The zero-order chi connectivity index (χ0) is 30.0. The summed E-state index contributed by atoms with van der Waals surface area (Å²) in [6.45, 7) is 6.48. The lowest BCUT2D eigenvalue weighted by Gasteiger charge is -2.26. The molecule has 0 bridgehead atoms. The summed E-state index contributed by atoms with van der Waals surface area (Å²) >= 11 is 0. The standard InChI is InChI=1S/C31H43N5O5/c1-31(2,3)22-17-21(12-13-26(22)37)19-25-29(40)34-16-14-27(38)33-15-8-7-11-24(30(41)36-25)35-28(39)23(32)18-20-9-5-4-6-10-20/h4-6,9-10,12-13,17,23-25,37H,7-8,11,14-16,18-19,32H2,1-3H3,(H,33,38)(H,34,40)(H,35,39)(H,36,41)/t23-,24-,25-/m0/s1. The minimum absolute atomic E-state index is 0.119. The van der Waals surface area contributed by atoms with Crippen molar-refractivity contribution in [1.82, 2.24) is 21.3 Å². The maximum atomic E-state index is 13.5. The molecule has 0 spiro atoms. The largest absolute Gasteiger partial charge is 0.508 e. The van der Waals surface area contributed by atoms with Crippen molar-refractivity contribution in [3.8, 4) is 5.75 Å². The molecule has 0 aromatic heterocycles. The number of amides is 4. The van der Waals surface area contributed by atoms with E-state index < -0.39 is 35.8 Å². The Kier molecular flexibility index (Phi) is 11.3. The third kappa shape index (κ3) is 9.89. The number of hydrogen-bond donors (Lipinski definition) is 6. The zero-order valence-electron chi connectivity index (χ0n) is 24.2. The Balaban J connectivity index is 1.81. The van der Waals surface area contributed by atoms with Gasteiger partial charge in [-0.15, -0.1) is 0 Å². The van der Waals surface area contributed by atoms with E-state index in [9.17, 15) is 24.3 Å². The number of nitrogens with one attached hydrogen (secondary N) is 4. The van der Waals surface area contributed by atoms with Crippen LogP contribution in [0.2, 0.25) is 0 Å². The van der Waals surface area contributed by atoms with Crippen LogP contribution < -0.4 is 27.0 Å². The van der Waals surface area contributed by atoms with Crippen LogP contribution in [0.5, 0.6) is 5.75 Å². The van der Waals surface area contributed by atoms with Crippen molar-refractivity contribution in [3.63, 3.8) is 0 Å². The molecule has 0 saturated carbocycles. The van der Waals surface area contributed by atoms with E-state index in [0.717, 1.165) is 16.7 Å². The smallest absolute Gasteiger partial charge is 0.243 e. The Morgan fingerprint density at radius 2 is 1.73 bits per heavy atom. The molecule has 1 saturated heterocycles. The van der Waals surface area contributed by atoms with Crippen LogP contribution in [0.4, 0.5) is 0 Å². The summed E-state index contributed by atoms with van der Waals surface area (Å²) in [6.07, 6.45) is 2.10. The number of nitrogens with two attached hydrogens (primary N) is 1. The summed E-state index contributed by atoms with van der Waals surface area (Å²) in [6, 6.07) is 11.8. The van der Waals surface area contributed by atoms with Crippen LogP contribution in [0.3, 0.4) is 0 Å². The number of aromatic hydroxyl groups is 1. The van der Waals surface area contributed by atoms with Gasteiger partial charge in [-0.05, 0) is 53.9 Å². The molecule has 2 aromatic rings. The highest BCUT2D eigenvalue weighted by Crippen LogP contribution is 2.31. The molecule has 0 radical (unpaired) electrons. The zero-order valence-corrected chi connectivity index (χ0v) is 24.2. The molecule has 0 unspecified atom stereocenters. The molecule has 3 atom stereocenters. The Hall–Kier alpha value is -3.92. The minimum atomic E-state index is -0.969. The SMILES string of the molecule is CC(C)(C)c1cc(C[C@@H]2NC(=O)[C@@H](NC(=O)[C@@H](N)Cc3ccccc3)CCCCNC(=O)CCNC2=O)ccc1O. The maximum absolute atomic E-state index is 13.5. The van der Waals surface area contributed by atoms with E-state index in [4.69, 9.17) is 5.73 Å². The molecular weight excluding hydrogens is 522 g/mol. The van der Waals surface area contributed by atoms with Gasteiger partial charge in [-0.25, -0.2) is 0 Å². The van der Waals surface area contributed by atoms with E-state index in [1.54, 1.807) is 12.1 Å². The van der Waals surface area contributed by atoms with E-state index in [2.05, 4.69) is 21.3 Å². The van der Waals surface area contributed by atoms with Gasteiger partial charge >= 0.3 is 0 Å². The molecule has 7 N–H and O–H groups in total. The van der Waals surface area contributed by atoms with Crippen LogP contribution >= 0.6 is 0 Å². The monoisotopic (exact) mass is 565 g/mol. The van der Waals surface area contributed by atoms with E-state index in [1.165, 1.54) is 0 Å². The predicted octanol–water partition coefficient (Wildman–Crippen LogP) is 1.58. The van der Waals surface area contributed by atoms with Crippen molar-refractivity contribution >= 4 is 23.6 Å². The molecule has 4 amide bonds. The van der Waals surface area contributed by atoms with E-state index in [-0.39, 0.29) is 36.5 Å². The number of benzene rings is 2. The number of carbonyl (C=O) groups excluding carboxylic acids is 4. The molecular formula is C31H43N5O5. The Morgan fingerprint density at radius 3 is 2.44 bits per heavy atom. The lowest BCUT2D eigenvalue weighted by Crippen LogP contribution is -2.56. The summed E-state index contributed by atoms with van der Waals surface area (Å²) < 4.78 is 0. The lowest BCUT2D eigenvalue weighted by molar-refractivity contribution is -0.132. The van der Waals surface area contributed by atoms with Crippen molar-refractivity contribution in [2.75, 3.05) is 13.1 Å². The summed E-state index contributed by atoms with van der Waals surface area (Å²) in [5.74, 6) is -1.41. The van der Waals surface area contributed by atoms with Gasteiger partial charge in [0.15, 0.2) is 0 Å². The second-order valence-electron chi connectivity index (χ2n) is 11.6. The van der Waals surface area contributed by atoms with Crippen LogP contribution in [0.15, 0.2) is 48.5 Å². The van der Waals surface area contributed by atoms with Gasteiger partial charge in [-0.1, -0.05) is 63.2 Å². The van der Waals surface area contributed by atoms with Crippen LogP contribution in [-0.2, 0) is 37.4 Å². The molecule has 2 aromatic carbocycles. The van der Waals surface area contributed by atoms with E-state index >= 15 is 0 Å². The Labute approximate surface area is 241 Å². The highest BCUT2D eigenvalue weighted by Gasteiger charge is 2.29.